The molecule has 0 spiro atoms. The van der Waals surface area contributed by atoms with Gasteiger partial charge in [0.15, 0.2) is 0 Å². The van der Waals surface area contributed by atoms with Gasteiger partial charge in [0.05, 0.1) is 0 Å². The Morgan fingerprint density at radius 1 is 0.941 bits per heavy atom. The fraction of sp³-hybridized carbons (Fsp3) is 0.500. The number of hydrogen-bond donors (Lipinski definition) is 0. The molecule has 1 heteroatoms. The summed E-state index contributed by atoms with van der Waals surface area (Å²) in [4.78, 5) is 0. The Hall–Kier alpha value is -1.24. The molecular formula is C16H18O. The highest BCUT2D eigenvalue weighted by Crippen LogP contribution is 2.54. The molecule has 0 aliphatic heterocycles. The van der Waals surface area contributed by atoms with Crippen molar-refractivity contribution in [3.8, 4) is 5.75 Å². The lowest BCUT2D eigenvalue weighted by Crippen LogP contribution is -2.51. The molecule has 0 aromatic heterocycles. The van der Waals surface area contributed by atoms with Crippen LogP contribution in [0, 0.1) is 23.7 Å². The molecule has 0 saturated heterocycles. The maximum absolute atomic E-state index is 6.21. The van der Waals surface area contributed by atoms with Gasteiger partial charge in [0.1, 0.15) is 11.9 Å². The van der Waals surface area contributed by atoms with Crippen molar-refractivity contribution in [3.63, 3.8) is 0 Å². The topological polar surface area (TPSA) is 9.23 Å². The highest BCUT2D eigenvalue weighted by Gasteiger charge is 2.50. The fourth-order valence-corrected chi connectivity index (χ4v) is 4.05. The Morgan fingerprint density at radius 2 is 1.76 bits per heavy atom. The van der Waals surface area contributed by atoms with Gasteiger partial charge in [0.2, 0.25) is 0 Å². The minimum Gasteiger partial charge on any atom is -0.490 e. The lowest BCUT2D eigenvalue weighted by atomic mass is 9.53. The summed E-state index contributed by atoms with van der Waals surface area (Å²) in [7, 11) is 0. The molecule has 17 heavy (non-hydrogen) atoms. The quantitative estimate of drug-likeness (QED) is 0.699. The van der Waals surface area contributed by atoms with Crippen molar-refractivity contribution in [1.29, 1.82) is 0 Å². The molecule has 2 bridgehead atoms. The van der Waals surface area contributed by atoms with E-state index in [-0.39, 0.29) is 0 Å². The first-order valence-electron chi connectivity index (χ1n) is 6.82. The Morgan fingerprint density at radius 3 is 2.47 bits per heavy atom. The molecule has 88 valence electrons. The van der Waals surface area contributed by atoms with Crippen LogP contribution in [0.2, 0.25) is 0 Å². The van der Waals surface area contributed by atoms with Gasteiger partial charge in [0.25, 0.3) is 0 Å². The third-order valence-electron chi connectivity index (χ3n) is 4.95. The maximum Gasteiger partial charge on any atom is 0.119 e. The molecule has 0 N–H and O–H groups in total. The smallest absolute Gasteiger partial charge is 0.119 e. The van der Waals surface area contributed by atoms with Crippen LogP contribution in [-0.4, -0.2) is 6.10 Å². The highest BCUT2D eigenvalue weighted by atomic mass is 16.5. The van der Waals surface area contributed by atoms with Crippen LogP contribution in [0.15, 0.2) is 42.5 Å². The van der Waals surface area contributed by atoms with E-state index >= 15 is 0 Å². The molecule has 0 amide bonds. The van der Waals surface area contributed by atoms with Crippen LogP contribution in [0.4, 0.5) is 0 Å². The standard InChI is InChI=1S/C16H18O/c1-2-4-12(5-3-1)17-16-10-11-6-7-15(16)14-9-8-13(11)14/h1-5,8-9,11,13-16H,6-7,10H2/t11-,13+,14-,15-,16-/m0/s1. The Bertz CT molecular complexity index is 436. The van der Waals surface area contributed by atoms with Gasteiger partial charge in [-0.05, 0) is 49.1 Å². The zero-order chi connectivity index (χ0) is 11.2. The van der Waals surface area contributed by atoms with Gasteiger partial charge in [-0.1, -0.05) is 30.4 Å². The van der Waals surface area contributed by atoms with Crippen LogP contribution < -0.4 is 4.74 Å². The normalized spacial score (nSPS) is 41.8. The third-order valence-corrected chi connectivity index (χ3v) is 4.95. The van der Waals surface area contributed by atoms with Gasteiger partial charge in [0, 0.05) is 5.92 Å². The second-order valence-corrected chi connectivity index (χ2v) is 5.75. The molecule has 1 nitrogen and oxygen atoms in total. The fourth-order valence-electron chi connectivity index (χ4n) is 4.05. The third kappa shape index (κ3) is 1.45. The Labute approximate surface area is 102 Å². The summed E-state index contributed by atoms with van der Waals surface area (Å²) in [5.41, 5.74) is 0. The molecular weight excluding hydrogens is 208 g/mol. The van der Waals surface area contributed by atoms with E-state index in [4.69, 9.17) is 4.74 Å². The number of ether oxygens (including phenoxy) is 1. The molecule has 1 aromatic carbocycles. The zero-order valence-corrected chi connectivity index (χ0v) is 9.96. The van der Waals surface area contributed by atoms with E-state index in [0.717, 1.165) is 29.4 Å². The van der Waals surface area contributed by atoms with Crippen molar-refractivity contribution in [2.75, 3.05) is 0 Å². The molecule has 4 aliphatic rings. The van der Waals surface area contributed by atoms with E-state index in [1.54, 1.807) is 0 Å². The summed E-state index contributed by atoms with van der Waals surface area (Å²) in [6.45, 7) is 0. The van der Waals surface area contributed by atoms with Crippen LogP contribution >= 0.6 is 0 Å². The minimum absolute atomic E-state index is 0.461. The van der Waals surface area contributed by atoms with Crippen LogP contribution in [0.5, 0.6) is 5.75 Å². The molecule has 1 aromatic rings. The number of benzene rings is 1. The summed E-state index contributed by atoms with van der Waals surface area (Å²) in [6.07, 6.45) is 9.37. The maximum atomic E-state index is 6.21. The van der Waals surface area contributed by atoms with Crippen molar-refractivity contribution in [2.24, 2.45) is 23.7 Å². The first-order chi connectivity index (χ1) is 8.42. The first-order valence-corrected chi connectivity index (χ1v) is 6.82. The molecule has 0 radical (unpaired) electrons. The van der Waals surface area contributed by atoms with E-state index in [2.05, 4.69) is 36.4 Å². The van der Waals surface area contributed by atoms with Crippen LogP contribution in [0.25, 0.3) is 0 Å². The Kier molecular flexibility index (Phi) is 2.08. The van der Waals surface area contributed by atoms with Gasteiger partial charge in [-0.15, -0.1) is 0 Å². The number of rotatable bonds is 2. The zero-order valence-electron chi connectivity index (χ0n) is 9.96. The molecule has 5 rings (SSSR count). The van der Waals surface area contributed by atoms with Gasteiger partial charge >= 0.3 is 0 Å². The summed E-state index contributed by atoms with van der Waals surface area (Å²) in [5.74, 6) is 4.43. The van der Waals surface area contributed by atoms with Crippen LogP contribution in [0.3, 0.4) is 0 Å². The van der Waals surface area contributed by atoms with Gasteiger partial charge < -0.3 is 4.74 Å². The van der Waals surface area contributed by atoms with Crippen molar-refractivity contribution >= 4 is 0 Å². The van der Waals surface area contributed by atoms with Crippen molar-refractivity contribution in [2.45, 2.75) is 25.4 Å². The number of hydrogen-bond acceptors (Lipinski definition) is 1. The molecule has 4 aliphatic carbocycles. The summed E-state index contributed by atoms with van der Waals surface area (Å²) < 4.78 is 6.21. The van der Waals surface area contributed by atoms with Crippen LogP contribution in [0.1, 0.15) is 19.3 Å². The SMILES string of the molecule is C1=C[C@H]2[C@H]1[C@H]1CC[C@@H]2[C@@H](Oc2ccccc2)C1. The van der Waals surface area contributed by atoms with E-state index in [0.29, 0.717) is 6.10 Å². The number of fused-ring (bicyclic) bond motifs is 2. The molecule has 0 unspecified atom stereocenters. The first kappa shape index (κ1) is 9.76. The minimum atomic E-state index is 0.461. The van der Waals surface area contributed by atoms with E-state index in [1.165, 1.54) is 19.3 Å². The second kappa shape index (κ2) is 3.63. The van der Waals surface area contributed by atoms with E-state index in [1.807, 2.05) is 6.07 Å². The van der Waals surface area contributed by atoms with Gasteiger partial charge in [-0.25, -0.2) is 0 Å². The van der Waals surface area contributed by atoms with Crippen molar-refractivity contribution in [3.05, 3.63) is 42.5 Å². The monoisotopic (exact) mass is 226 g/mol. The van der Waals surface area contributed by atoms with Crippen molar-refractivity contribution in [1.82, 2.24) is 0 Å². The van der Waals surface area contributed by atoms with Gasteiger partial charge in [-0.3, -0.25) is 0 Å². The average Bonchev–Trinajstić information content (AvgIpc) is 2.31. The lowest BCUT2D eigenvalue weighted by Gasteiger charge is -2.54. The second-order valence-electron chi connectivity index (χ2n) is 5.75. The summed E-state index contributed by atoms with van der Waals surface area (Å²) in [6, 6.07) is 10.3. The van der Waals surface area contributed by atoms with Crippen molar-refractivity contribution < 1.29 is 4.74 Å². The van der Waals surface area contributed by atoms with Gasteiger partial charge in [-0.2, -0.15) is 0 Å². The molecule has 3 saturated carbocycles. The molecule has 3 fully saturated rings. The predicted molar refractivity (Wildman–Crippen MR) is 67.8 cm³/mol. The number of allylic oxidation sites excluding steroid dienone is 2. The largest absolute Gasteiger partial charge is 0.490 e. The molecule has 0 heterocycles. The van der Waals surface area contributed by atoms with E-state index < -0.39 is 0 Å². The number of para-hydroxylation sites is 1. The lowest BCUT2D eigenvalue weighted by molar-refractivity contribution is -0.0426. The van der Waals surface area contributed by atoms with Crippen LogP contribution in [-0.2, 0) is 0 Å². The Balaban J connectivity index is 1.55. The highest BCUT2D eigenvalue weighted by molar-refractivity contribution is 5.23. The summed E-state index contributed by atoms with van der Waals surface area (Å²) in [5, 5.41) is 0. The van der Waals surface area contributed by atoms with E-state index in [9.17, 15) is 0 Å². The average molecular weight is 226 g/mol. The summed E-state index contributed by atoms with van der Waals surface area (Å²) >= 11 is 0. The predicted octanol–water partition coefficient (Wildman–Crippen LogP) is 3.67. The molecule has 5 atom stereocenters.